The molecule has 0 fully saturated rings. The SMILES string of the molecule is [2H]C([2H])([2H])N(C/C=C/C(=O)Nc1cc2c(Nc3cccc(C#C)c3)ncnc2cc1OCC)C([2H])([2H])[2H]. The van der Waals surface area contributed by atoms with Crippen LogP contribution < -0.4 is 15.4 Å². The first-order valence-corrected chi connectivity index (χ1v) is 9.43. The first kappa shape index (κ1) is 15.0. The van der Waals surface area contributed by atoms with Crippen LogP contribution in [0.25, 0.3) is 10.9 Å². The number of likely N-dealkylation sites (N-methyl/N-ethyl adjacent to an activating group) is 1. The maximum absolute atomic E-state index is 12.6. The lowest BCUT2D eigenvalue weighted by atomic mass is 10.1. The second kappa shape index (κ2) is 10.2. The highest BCUT2D eigenvalue weighted by Gasteiger charge is 2.13. The topological polar surface area (TPSA) is 79.4 Å². The van der Waals surface area contributed by atoms with Gasteiger partial charge in [-0.25, -0.2) is 9.97 Å². The zero-order valence-electron chi connectivity index (χ0n) is 22.8. The molecule has 0 radical (unpaired) electrons. The third kappa shape index (κ3) is 5.81. The van der Waals surface area contributed by atoms with Gasteiger partial charge in [-0.15, -0.1) is 6.42 Å². The molecule has 0 spiro atoms. The fourth-order valence-corrected chi connectivity index (χ4v) is 2.82. The van der Waals surface area contributed by atoms with Gasteiger partial charge in [0.15, 0.2) is 0 Å². The Morgan fingerprint density at radius 1 is 1.32 bits per heavy atom. The summed E-state index contributed by atoms with van der Waals surface area (Å²) in [5.74, 6) is 2.80. The molecule has 0 saturated heterocycles. The second-order valence-electron chi connectivity index (χ2n) is 6.37. The Labute approximate surface area is 190 Å². The number of terminal acetylenes is 1. The highest BCUT2D eigenvalue weighted by Crippen LogP contribution is 2.33. The molecule has 1 aromatic heterocycles. The van der Waals surface area contributed by atoms with Gasteiger partial charge in [-0.05, 0) is 45.1 Å². The normalized spacial score (nSPS) is 14.6. The standard InChI is InChI=1S/C24H25N5O2/c1-5-17-9-7-10-18(13-17)27-24-19-14-21(28-23(30)11-8-12-29(3)4)22(31-6-2)15-20(19)25-16-26-24/h1,7-11,13-16H,6,12H2,2-4H3,(H,28,30)(H,25,26,27)/b11-8+/i3D3,4D3. The van der Waals surface area contributed by atoms with Gasteiger partial charge in [-0.3, -0.25) is 4.79 Å². The van der Waals surface area contributed by atoms with Crippen LogP contribution in [0, 0.1) is 12.3 Å². The molecule has 3 rings (SSSR count). The van der Waals surface area contributed by atoms with Crippen LogP contribution in [0.15, 0.2) is 54.9 Å². The molecule has 0 unspecified atom stereocenters. The van der Waals surface area contributed by atoms with Gasteiger partial charge in [-0.1, -0.05) is 18.1 Å². The molecule has 2 N–H and O–H groups in total. The van der Waals surface area contributed by atoms with Crippen molar-refractivity contribution < 1.29 is 17.8 Å². The van der Waals surface area contributed by atoms with Crippen LogP contribution in [0.3, 0.4) is 0 Å². The van der Waals surface area contributed by atoms with E-state index in [1.807, 2.05) is 12.1 Å². The minimum Gasteiger partial charge on any atom is -0.492 e. The summed E-state index contributed by atoms with van der Waals surface area (Å²) in [5, 5.41) is 6.48. The highest BCUT2D eigenvalue weighted by atomic mass is 16.5. The number of hydrogen-bond donors (Lipinski definition) is 2. The molecule has 0 aliphatic rings. The van der Waals surface area contributed by atoms with Crippen LogP contribution in [0.1, 0.15) is 20.7 Å². The lowest BCUT2D eigenvalue weighted by Gasteiger charge is -2.14. The molecule has 0 atom stereocenters. The van der Waals surface area contributed by atoms with E-state index in [0.29, 0.717) is 50.9 Å². The van der Waals surface area contributed by atoms with Crippen molar-refractivity contribution in [2.24, 2.45) is 0 Å². The van der Waals surface area contributed by atoms with E-state index in [4.69, 9.17) is 19.4 Å². The summed E-state index contributed by atoms with van der Waals surface area (Å²) >= 11 is 0. The van der Waals surface area contributed by atoms with Crippen molar-refractivity contribution in [1.29, 1.82) is 0 Å². The zero-order chi connectivity index (χ0) is 27.2. The average molecular weight is 422 g/mol. The summed E-state index contributed by atoms with van der Waals surface area (Å²) in [6, 6.07) is 10.5. The molecule has 31 heavy (non-hydrogen) atoms. The van der Waals surface area contributed by atoms with Gasteiger partial charge in [0.25, 0.3) is 0 Å². The van der Waals surface area contributed by atoms with Gasteiger partial charge in [0.05, 0.1) is 17.8 Å². The van der Waals surface area contributed by atoms with Gasteiger partial charge >= 0.3 is 0 Å². The Balaban J connectivity index is 1.89. The van der Waals surface area contributed by atoms with Gasteiger partial charge in [0.1, 0.15) is 17.9 Å². The van der Waals surface area contributed by atoms with Crippen LogP contribution in [0.5, 0.6) is 5.75 Å². The molecular formula is C24H25N5O2. The summed E-state index contributed by atoms with van der Waals surface area (Å²) in [7, 11) is 0. The van der Waals surface area contributed by atoms with Crippen LogP contribution in [0.4, 0.5) is 17.2 Å². The zero-order valence-corrected chi connectivity index (χ0v) is 16.8. The Kier molecular flexibility index (Phi) is 4.95. The predicted molar refractivity (Wildman–Crippen MR) is 125 cm³/mol. The summed E-state index contributed by atoms with van der Waals surface area (Å²) in [6.45, 7) is -4.06. The van der Waals surface area contributed by atoms with Gasteiger partial charge in [0, 0.05) is 43.5 Å². The van der Waals surface area contributed by atoms with Crippen molar-refractivity contribution in [2.75, 3.05) is 37.7 Å². The number of benzene rings is 2. The molecule has 2 aromatic carbocycles. The molecule has 7 nitrogen and oxygen atoms in total. The number of hydrogen-bond acceptors (Lipinski definition) is 6. The maximum atomic E-state index is 12.6. The monoisotopic (exact) mass is 421 g/mol. The van der Waals surface area contributed by atoms with Gasteiger partial charge < -0.3 is 20.3 Å². The number of nitrogens with one attached hydrogen (secondary N) is 2. The fourth-order valence-electron chi connectivity index (χ4n) is 2.82. The number of amides is 1. The number of ether oxygens (including phenoxy) is 1. The quantitative estimate of drug-likeness (QED) is 0.425. The van der Waals surface area contributed by atoms with Crippen molar-refractivity contribution >= 4 is 34.0 Å². The molecular weight excluding hydrogens is 390 g/mol. The first-order chi connectivity index (χ1) is 17.4. The van der Waals surface area contributed by atoms with Crippen molar-refractivity contribution in [2.45, 2.75) is 6.92 Å². The Morgan fingerprint density at radius 2 is 2.19 bits per heavy atom. The molecule has 0 aliphatic heterocycles. The van der Waals surface area contributed by atoms with Crippen LogP contribution >= 0.6 is 0 Å². The molecule has 1 amide bonds. The fraction of sp³-hybridized carbons (Fsp3) is 0.208. The summed E-state index contributed by atoms with van der Waals surface area (Å²) in [6.07, 6.45) is 9.12. The van der Waals surface area contributed by atoms with Crippen molar-refractivity contribution in [1.82, 2.24) is 14.9 Å². The molecule has 0 saturated carbocycles. The summed E-state index contributed by atoms with van der Waals surface area (Å²) < 4.78 is 50.1. The molecule has 3 aromatic rings. The predicted octanol–water partition coefficient (Wildman–Crippen LogP) is 3.81. The number of carbonyl (C=O) groups is 1. The number of rotatable bonds is 8. The van der Waals surface area contributed by atoms with E-state index >= 15 is 0 Å². The lowest BCUT2D eigenvalue weighted by Crippen LogP contribution is -2.13. The Bertz CT molecular complexity index is 1330. The van der Waals surface area contributed by atoms with E-state index < -0.39 is 26.4 Å². The number of carbonyl (C=O) groups excluding carboxylic acids is 1. The number of anilines is 3. The maximum Gasteiger partial charge on any atom is 0.248 e. The van der Waals surface area contributed by atoms with E-state index in [9.17, 15) is 4.79 Å². The van der Waals surface area contributed by atoms with Crippen LogP contribution in [0.2, 0.25) is 0 Å². The molecule has 0 aliphatic carbocycles. The van der Waals surface area contributed by atoms with Crippen LogP contribution in [-0.2, 0) is 4.79 Å². The molecule has 7 heteroatoms. The Morgan fingerprint density at radius 3 is 2.97 bits per heavy atom. The highest BCUT2D eigenvalue weighted by molar-refractivity contribution is 6.03. The number of aromatic nitrogens is 2. The molecule has 158 valence electrons. The first-order valence-electron chi connectivity index (χ1n) is 12.4. The third-order valence-electron chi connectivity index (χ3n) is 4.14. The van der Waals surface area contributed by atoms with Crippen molar-refractivity contribution in [3.8, 4) is 18.1 Å². The summed E-state index contributed by atoms with van der Waals surface area (Å²) in [4.78, 5) is 21.6. The van der Waals surface area contributed by atoms with E-state index in [-0.39, 0.29) is 0 Å². The van der Waals surface area contributed by atoms with Crippen molar-refractivity contribution in [3.63, 3.8) is 0 Å². The third-order valence-corrected chi connectivity index (χ3v) is 4.14. The van der Waals surface area contributed by atoms with E-state index in [1.54, 1.807) is 31.2 Å². The largest absolute Gasteiger partial charge is 0.492 e. The van der Waals surface area contributed by atoms with E-state index in [1.165, 1.54) is 12.4 Å². The number of nitrogens with zero attached hydrogens (tertiary/aromatic N) is 3. The average Bonchev–Trinajstić information content (AvgIpc) is 2.81. The molecule has 0 bridgehead atoms. The minimum atomic E-state index is -2.85. The Hall–Kier alpha value is -3.89. The number of fused-ring (bicyclic) bond motifs is 1. The van der Waals surface area contributed by atoms with E-state index in [2.05, 4.69) is 26.5 Å². The van der Waals surface area contributed by atoms with Crippen LogP contribution in [-0.4, -0.2) is 47.9 Å². The smallest absolute Gasteiger partial charge is 0.248 e. The minimum absolute atomic E-state index is 0.322. The molecule has 1 heterocycles. The van der Waals surface area contributed by atoms with Crippen molar-refractivity contribution in [3.05, 3.63) is 60.4 Å². The van der Waals surface area contributed by atoms with E-state index in [0.717, 1.165) is 6.08 Å². The van der Waals surface area contributed by atoms with Gasteiger partial charge in [-0.2, -0.15) is 0 Å². The second-order valence-corrected chi connectivity index (χ2v) is 6.37. The lowest BCUT2D eigenvalue weighted by molar-refractivity contribution is -0.111. The summed E-state index contributed by atoms with van der Waals surface area (Å²) in [5.41, 5.74) is 2.29. The van der Waals surface area contributed by atoms with Gasteiger partial charge in [0.2, 0.25) is 5.91 Å².